The highest BCUT2D eigenvalue weighted by atomic mass is 15.1. The summed E-state index contributed by atoms with van der Waals surface area (Å²) in [6, 6.07) is 6.93. The molecule has 0 aliphatic carbocycles. The van der Waals surface area contributed by atoms with Crippen LogP contribution in [0.5, 0.6) is 0 Å². The molecule has 1 rings (SSSR count). The third-order valence-electron chi connectivity index (χ3n) is 3.05. The summed E-state index contributed by atoms with van der Waals surface area (Å²) in [7, 11) is 0. The maximum absolute atomic E-state index is 5.85. The van der Waals surface area contributed by atoms with Crippen LogP contribution in [0.3, 0.4) is 0 Å². The summed E-state index contributed by atoms with van der Waals surface area (Å²) in [4.78, 5) is 2.51. The van der Waals surface area contributed by atoms with E-state index >= 15 is 0 Å². The van der Waals surface area contributed by atoms with Gasteiger partial charge in [0.2, 0.25) is 0 Å². The minimum atomic E-state index is 0.579. The SMILES string of the molecule is Cc1cc(CN(CC(C)C)C(C)C)ccc1N. The predicted octanol–water partition coefficient (Wildman–Crippen LogP) is 3.44. The van der Waals surface area contributed by atoms with Gasteiger partial charge in [0.1, 0.15) is 0 Å². The van der Waals surface area contributed by atoms with Gasteiger partial charge >= 0.3 is 0 Å². The van der Waals surface area contributed by atoms with E-state index in [1.54, 1.807) is 0 Å². The Balaban J connectivity index is 2.75. The van der Waals surface area contributed by atoms with Crippen LogP contribution in [0.25, 0.3) is 0 Å². The van der Waals surface area contributed by atoms with Crippen LogP contribution in [-0.2, 0) is 6.54 Å². The van der Waals surface area contributed by atoms with Gasteiger partial charge in [-0.15, -0.1) is 0 Å². The zero-order valence-electron chi connectivity index (χ0n) is 11.8. The van der Waals surface area contributed by atoms with Crippen molar-refractivity contribution in [2.45, 2.75) is 47.2 Å². The molecule has 2 N–H and O–H groups in total. The molecule has 0 radical (unpaired) electrons. The highest BCUT2D eigenvalue weighted by Gasteiger charge is 2.12. The Labute approximate surface area is 106 Å². The lowest BCUT2D eigenvalue weighted by atomic mass is 10.1. The Hall–Kier alpha value is -1.02. The summed E-state index contributed by atoms with van der Waals surface area (Å²) < 4.78 is 0. The fraction of sp³-hybridized carbons (Fsp3) is 0.600. The monoisotopic (exact) mass is 234 g/mol. The second-order valence-electron chi connectivity index (χ2n) is 5.61. The fourth-order valence-corrected chi connectivity index (χ4v) is 2.00. The van der Waals surface area contributed by atoms with E-state index in [1.807, 2.05) is 6.07 Å². The average Bonchev–Trinajstić information content (AvgIpc) is 2.21. The van der Waals surface area contributed by atoms with Crippen molar-refractivity contribution in [2.75, 3.05) is 12.3 Å². The minimum absolute atomic E-state index is 0.579. The molecular weight excluding hydrogens is 208 g/mol. The molecule has 1 aromatic rings. The summed E-state index contributed by atoms with van der Waals surface area (Å²) in [6.45, 7) is 13.3. The third kappa shape index (κ3) is 4.39. The van der Waals surface area contributed by atoms with E-state index in [1.165, 1.54) is 11.1 Å². The van der Waals surface area contributed by atoms with Gasteiger partial charge in [-0.2, -0.15) is 0 Å². The third-order valence-corrected chi connectivity index (χ3v) is 3.05. The van der Waals surface area contributed by atoms with Crippen LogP contribution in [0.4, 0.5) is 5.69 Å². The van der Waals surface area contributed by atoms with Gasteiger partial charge in [-0.05, 0) is 43.9 Å². The molecule has 2 heteroatoms. The zero-order chi connectivity index (χ0) is 13.0. The normalized spacial score (nSPS) is 11.8. The molecule has 0 unspecified atom stereocenters. The van der Waals surface area contributed by atoms with Crippen molar-refractivity contribution in [1.82, 2.24) is 4.90 Å². The van der Waals surface area contributed by atoms with Crippen molar-refractivity contribution in [2.24, 2.45) is 5.92 Å². The van der Waals surface area contributed by atoms with E-state index in [0.717, 1.165) is 18.8 Å². The highest BCUT2D eigenvalue weighted by Crippen LogP contribution is 2.16. The Kier molecular flexibility index (Phi) is 5.01. The highest BCUT2D eigenvalue weighted by molar-refractivity contribution is 5.47. The number of anilines is 1. The number of nitrogens with zero attached hydrogens (tertiary/aromatic N) is 1. The lowest BCUT2D eigenvalue weighted by molar-refractivity contribution is 0.189. The second-order valence-corrected chi connectivity index (χ2v) is 5.61. The number of rotatable bonds is 5. The average molecular weight is 234 g/mol. The van der Waals surface area contributed by atoms with Crippen molar-refractivity contribution >= 4 is 5.69 Å². The van der Waals surface area contributed by atoms with E-state index in [-0.39, 0.29) is 0 Å². The van der Waals surface area contributed by atoms with Crippen molar-refractivity contribution in [3.8, 4) is 0 Å². The number of hydrogen-bond donors (Lipinski definition) is 1. The van der Waals surface area contributed by atoms with Crippen molar-refractivity contribution in [1.29, 1.82) is 0 Å². The van der Waals surface area contributed by atoms with Crippen LogP contribution in [-0.4, -0.2) is 17.5 Å². The van der Waals surface area contributed by atoms with E-state index in [0.29, 0.717) is 12.0 Å². The molecule has 0 saturated carbocycles. The number of benzene rings is 1. The number of nitrogens with two attached hydrogens (primary N) is 1. The van der Waals surface area contributed by atoms with Crippen molar-refractivity contribution in [3.63, 3.8) is 0 Å². The summed E-state index contributed by atoms with van der Waals surface area (Å²) in [5.74, 6) is 0.701. The molecule has 0 aliphatic heterocycles. The smallest absolute Gasteiger partial charge is 0.0343 e. The van der Waals surface area contributed by atoms with Gasteiger partial charge in [0.25, 0.3) is 0 Å². The van der Waals surface area contributed by atoms with Crippen LogP contribution in [0.1, 0.15) is 38.8 Å². The summed E-state index contributed by atoms with van der Waals surface area (Å²) in [6.07, 6.45) is 0. The molecule has 0 atom stereocenters. The van der Waals surface area contributed by atoms with Crippen molar-refractivity contribution < 1.29 is 0 Å². The van der Waals surface area contributed by atoms with Gasteiger partial charge in [-0.3, -0.25) is 4.90 Å². The number of aryl methyl sites for hydroxylation is 1. The Morgan fingerprint density at radius 3 is 2.29 bits per heavy atom. The standard InChI is InChI=1S/C15H26N2/c1-11(2)9-17(12(3)4)10-14-6-7-15(16)13(5)8-14/h6-8,11-12H,9-10,16H2,1-5H3. The largest absolute Gasteiger partial charge is 0.399 e. The van der Waals surface area contributed by atoms with E-state index in [9.17, 15) is 0 Å². The van der Waals surface area contributed by atoms with Gasteiger partial charge in [-0.25, -0.2) is 0 Å². The first kappa shape index (κ1) is 14.0. The Morgan fingerprint density at radius 2 is 1.82 bits per heavy atom. The van der Waals surface area contributed by atoms with Gasteiger partial charge in [0.15, 0.2) is 0 Å². The molecule has 0 amide bonds. The first-order chi connectivity index (χ1) is 7.90. The van der Waals surface area contributed by atoms with E-state index < -0.39 is 0 Å². The lowest BCUT2D eigenvalue weighted by Gasteiger charge is -2.28. The molecule has 1 aromatic carbocycles. The van der Waals surface area contributed by atoms with Crippen LogP contribution < -0.4 is 5.73 Å². The lowest BCUT2D eigenvalue weighted by Crippen LogP contribution is -2.33. The van der Waals surface area contributed by atoms with Gasteiger partial charge in [0, 0.05) is 24.8 Å². The van der Waals surface area contributed by atoms with Gasteiger partial charge < -0.3 is 5.73 Å². The maximum atomic E-state index is 5.85. The quantitative estimate of drug-likeness (QED) is 0.791. The van der Waals surface area contributed by atoms with E-state index in [4.69, 9.17) is 5.73 Å². The van der Waals surface area contributed by atoms with Crippen LogP contribution in [0.2, 0.25) is 0 Å². The fourth-order valence-electron chi connectivity index (χ4n) is 2.00. The summed E-state index contributed by atoms with van der Waals surface area (Å²) in [5.41, 5.74) is 9.26. The molecule has 2 nitrogen and oxygen atoms in total. The zero-order valence-corrected chi connectivity index (χ0v) is 11.8. The molecular formula is C15H26N2. The Bertz CT molecular complexity index is 356. The molecule has 96 valence electrons. The first-order valence-electron chi connectivity index (χ1n) is 6.49. The van der Waals surface area contributed by atoms with Crippen LogP contribution in [0, 0.1) is 12.8 Å². The molecule has 17 heavy (non-hydrogen) atoms. The minimum Gasteiger partial charge on any atom is -0.399 e. The molecule has 0 heterocycles. The number of hydrogen-bond acceptors (Lipinski definition) is 2. The van der Waals surface area contributed by atoms with Crippen LogP contribution >= 0.6 is 0 Å². The summed E-state index contributed by atoms with van der Waals surface area (Å²) >= 11 is 0. The van der Waals surface area contributed by atoms with Crippen LogP contribution in [0.15, 0.2) is 18.2 Å². The van der Waals surface area contributed by atoms with Gasteiger partial charge in [0.05, 0.1) is 0 Å². The maximum Gasteiger partial charge on any atom is 0.0343 e. The molecule has 0 spiro atoms. The topological polar surface area (TPSA) is 29.3 Å². The first-order valence-corrected chi connectivity index (χ1v) is 6.49. The Morgan fingerprint density at radius 1 is 1.18 bits per heavy atom. The van der Waals surface area contributed by atoms with E-state index in [2.05, 4.69) is 51.7 Å². The molecule has 0 fully saturated rings. The molecule has 0 bridgehead atoms. The molecule has 0 aromatic heterocycles. The summed E-state index contributed by atoms with van der Waals surface area (Å²) in [5, 5.41) is 0. The molecule has 0 saturated heterocycles. The van der Waals surface area contributed by atoms with Crippen molar-refractivity contribution in [3.05, 3.63) is 29.3 Å². The molecule has 0 aliphatic rings. The number of nitrogen functional groups attached to an aromatic ring is 1. The predicted molar refractivity (Wildman–Crippen MR) is 76.0 cm³/mol. The van der Waals surface area contributed by atoms with Gasteiger partial charge in [-0.1, -0.05) is 26.0 Å². The second kappa shape index (κ2) is 6.06.